The van der Waals surface area contributed by atoms with E-state index in [1.165, 1.54) is 64.6 Å². The molecule has 0 aromatic rings. The van der Waals surface area contributed by atoms with Gasteiger partial charge in [0.15, 0.2) is 0 Å². The standard InChI is InChI=1S/C12H24N2.2ClH/c13-12-6-8-14(9-7-12)10-11-4-2-1-3-5-11;;/h11-12H,1-10,13H2;2*1H. The maximum atomic E-state index is 5.90. The van der Waals surface area contributed by atoms with Gasteiger partial charge in [-0.05, 0) is 44.7 Å². The molecule has 2 N–H and O–H groups in total. The van der Waals surface area contributed by atoms with E-state index in [1.807, 2.05) is 0 Å². The summed E-state index contributed by atoms with van der Waals surface area (Å²) in [5, 5.41) is 0. The zero-order valence-electron chi connectivity index (χ0n) is 10.1. The predicted molar refractivity (Wildman–Crippen MR) is 74.7 cm³/mol. The third kappa shape index (κ3) is 5.22. The summed E-state index contributed by atoms with van der Waals surface area (Å²) in [4.78, 5) is 2.64. The number of nitrogens with zero attached hydrogens (tertiary/aromatic N) is 1. The van der Waals surface area contributed by atoms with Crippen LogP contribution in [0.1, 0.15) is 44.9 Å². The third-order valence-electron chi connectivity index (χ3n) is 3.87. The van der Waals surface area contributed by atoms with Gasteiger partial charge in [-0.25, -0.2) is 0 Å². The number of hydrogen-bond donors (Lipinski definition) is 1. The van der Waals surface area contributed by atoms with Crippen LogP contribution in [0.2, 0.25) is 0 Å². The largest absolute Gasteiger partial charge is 0.328 e. The van der Waals surface area contributed by atoms with Crippen molar-refractivity contribution in [2.75, 3.05) is 19.6 Å². The molecule has 1 saturated carbocycles. The van der Waals surface area contributed by atoms with Crippen molar-refractivity contribution in [1.29, 1.82) is 0 Å². The minimum atomic E-state index is 0. The summed E-state index contributed by atoms with van der Waals surface area (Å²) >= 11 is 0. The summed E-state index contributed by atoms with van der Waals surface area (Å²) in [5.74, 6) is 0.998. The highest BCUT2D eigenvalue weighted by Gasteiger charge is 2.20. The lowest BCUT2D eigenvalue weighted by molar-refractivity contribution is 0.164. The maximum absolute atomic E-state index is 5.90. The van der Waals surface area contributed by atoms with Gasteiger partial charge in [-0.3, -0.25) is 0 Å². The Labute approximate surface area is 112 Å². The van der Waals surface area contributed by atoms with Gasteiger partial charge < -0.3 is 10.6 Å². The highest BCUT2D eigenvalue weighted by Crippen LogP contribution is 2.25. The van der Waals surface area contributed by atoms with Crippen LogP contribution in [0.15, 0.2) is 0 Å². The lowest BCUT2D eigenvalue weighted by Gasteiger charge is -2.34. The second-order valence-electron chi connectivity index (χ2n) is 5.14. The number of piperidine rings is 1. The first-order valence-corrected chi connectivity index (χ1v) is 6.32. The number of halogens is 2. The summed E-state index contributed by atoms with van der Waals surface area (Å²) in [6.07, 6.45) is 9.79. The SMILES string of the molecule is Cl.Cl.NC1CCN(CC2CCCCC2)CC1. The van der Waals surface area contributed by atoms with Crippen molar-refractivity contribution >= 4 is 24.8 Å². The van der Waals surface area contributed by atoms with Gasteiger partial charge in [0.2, 0.25) is 0 Å². The number of likely N-dealkylation sites (tertiary alicyclic amines) is 1. The van der Waals surface area contributed by atoms with Crippen molar-refractivity contribution in [1.82, 2.24) is 4.90 Å². The van der Waals surface area contributed by atoms with Crippen molar-refractivity contribution in [3.8, 4) is 0 Å². The molecule has 4 heteroatoms. The first kappa shape index (κ1) is 16.5. The quantitative estimate of drug-likeness (QED) is 0.835. The molecule has 1 saturated heterocycles. The lowest BCUT2D eigenvalue weighted by atomic mass is 9.88. The molecule has 0 bridgehead atoms. The molecule has 1 aliphatic heterocycles. The Kier molecular flexibility index (Phi) is 8.84. The molecule has 0 aromatic heterocycles. The van der Waals surface area contributed by atoms with Gasteiger partial charge in [-0.15, -0.1) is 24.8 Å². The fraction of sp³-hybridized carbons (Fsp3) is 1.00. The smallest absolute Gasteiger partial charge is 0.00631 e. The fourth-order valence-electron chi connectivity index (χ4n) is 2.87. The molecular formula is C12H26Cl2N2. The topological polar surface area (TPSA) is 29.3 Å². The first-order valence-electron chi connectivity index (χ1n) is 6.32. The van der Waals surface area contributed by atoms with Gasteiger partial charge in [-0.2, -0.15) is 0 Å². The summed E-state index contributed by atoms with van der Waals surface area (Å²) in [7, 11) is 0. The van der Waals surface area contributed by atoms with Crippen LogP contribution < -0.4 is 5.73 Å². The Morgan fingerprint density at radius 2 is 1.44 bits per heavy atom. The summed E-state index contributed by atoms with van der Waals surface area (Å²) in [6, 6.07) is 0.484. The van der Waals surface area contributed by atoms with E-state index in [2.05, 4.69) is 4.90 Å². The molecule has 0 amide bonds. The second-order valence-corrected chi connectivity index (χ2v) is 5.14. The second kappa shape index (κ2) is 8.57. The zero-order valence-corrected chi connectivity index (χ0v) is 11.7. The summed E-state index contributed by atoms with van der Waals surface area (Å²) < 4.78 is 0. The van der Waals surface area contributed by atoms with Crippen molar-refractivity contribution in [3.63, 3.8) is 0 Å². The van der Waals surface area contributed by atoms with E-state index in [0.29, 0.717) is 6.04 Å². The minimum Gasteiger partial charge on any atom is -0.328 e. The highest BCUT2D eigenvalue weighted by atomic mass is 35.5. The molecule has 0 radical (unpaired) electrons. The van der Waals surface area contributed by atoms with Crippen LogP contribution in [0.3, 0.4) is 0 Å². The average molecular weight is 269 g/mol. The summed E-state index contributed by atoms with van der Waals surface area (Å²) in [5.41, 5.74) is 5.90. The van der Waals surface area contributed by atoms with Crippen molar-refractivity contribution < 1.29 is 0 Å². The number of hydrogen-bond acceptors (Lipinski definition) is 2. The Morgan fingerprint density at radius 1 is 0.875 bits per heavy atom. The van der Waals surface area contributed by atoms with Crippen LogP contribution in [0, 0.1) is 5.92 Å². The van der Waals surface area contributed by atoms with Crippen LogP contribution in [0.5, 0.6) is 0 Å². The summed E-state index contributed by atoms with van der Waals surface area (Å²) in [6.45, 7) is 3.85. The van der Waals surface area contributed by atoms with Crippen LogP contribution in [0.25, 0.3) is 0 Å². The van der Waals surface area contributed by atoms with Gasteiger partial charge in [0.05, 0.1) is 0 Å². The molecule has 0 unspecified atom stereocenters. The molecule has 0 atom stereocenters. The molecule has 1 heterocycles. The van der Waals surface area contributed by atoms with Gasteiger partial charge in [0.1, 0.15) is 0 Å². The number of rotatable bonds is 2. The molecule has 2 rings (SSSR count). The molecule has 0 aromatic carbocycles. The molecule has 2 fully saturated rings. The molecule has 1 aliphatic carbocycles. The molecule has 2 aliphatic rings. The monoisotopic (exact) mass is 268 g/mol. The van der Waals surface area contributed by atoms with Crippen molar-refractivity contribution in [3.05, 3.63) is 0 Å². The Balaban J connectivity index is 0.00000112. The van der Waals surface area contributed by atoms with Crippen LogP contribution in [-0.2, 0) is 0 Å². The van der Waals surface area contributed by atoms with Crippen molar-refractivity contribution in [2.45, 2.75) is 51.0 Å². The Morgan fingerprint density at radius 3 is 2.00 bits per heavy atom. The van der Waals surface area contributed by atoms with E-state index in [-0.39, 0.29) is 24.8 Å². The van der Waals surface area contributed by atoms with Crippen LogP contribution in [0.4, 0.5) is 0 Å². The minimum absolute atomic E-state index is 0. The first-order chi connectivity index (χ1) is 6.84. The van der Waals surface area contributed by atoms with Crippen molar-refractivity contribution in [2.24, 2.45) is 11.7 Å². The molecule has 0 spiro atoms. The predicted octanol–water partition coefficient (Wildman–Crippen LogP) is 2.83. The lowest BCUT2D eigenvalue weighted by Crippen LogP contribution is -2.42. The molecule has 16 heavy (non-hydrogen) atoms. The Bertz CT molecular complexity index is 164. The van der Waals surface area contributed by atoms with Gasteiger partial charge in [-0.1, -0.05) is 19.3 Å². The third-order valence-corrected chi connectivity index (χ3v) is 3.87. The van der Waals surface area contributed by atoms with E-state index in [9.17, 15) is 0 Å². The van der Waals surface area contributed by atoms with Gasteiger partial charge in [0.25, 0.3) is 0 Å². The fourth-order valence-corrected chi connectivity index (χ4v) is 2.87. The van der Waals surface area contributed by atoms with Crippen LogP contribution in [-0.4, -0.2) is 30.6 Å². The van der Waals surface area contributed by atoms with Crippen LogP contribution >= 0.6 is 24.8 Å². The average Bonchev–Trinajstić information content (AvgIpc) is 2.23. The van der Waals surface area contributed by atoms with Gasteiger partial charge >= 0.3 is 0 Å². The molecule has 98 valence electrons. The van der Waals surface area contributed by atoms with E-state index in [0.717, 1.165) is 5.92 Å². The normalized spacial score (nSPS) is 24.6. The van der Waals surface area contributed by atoms with Gasteiger partial charge in [0, 0.05) is 12.6 Å². The maximum Gasteiger partial charge on any atom is 0.00631 e. The molecule has 2 nitrogen and oxygen atoms in total. The zero-order chi connectivity index (χ0) is 9.80. The Hall–Kier alpha value is 0.500. The highest BCUT2D eigenvalue weighted by molar-refractivity contribution is 5.85. The number of nitrogens with two attached hydrogens (primary N) is 1. The van der Waals surface area contributed by atoms with E-state index < -0.39 is 0 Å². The molecular weight excluding hydrogens is 243 g/mol. The van der Waals surface area contributed by atoms with E-state index in [1.54, 1.807) is 0 Å². The van der Waals surface area contributed by atoms with E-state index >= 15 is 0 Å². The van der Waals surface area contributed by atoms with E-state index in [4.69, 9.17) is 5.73 Å².